The maximum Gasteiger partial charge on any atom is 0.262 e. The van der Waals surface area contributed by atoms with E-state index in [9.17, 15) is 9.59 Å². The van der Waals surface area contributed by atoms with Crippen LogP contribution in [0.1, 0.15) is 26.2 Å². The van der Waals surface area contributed by atoms with E-state index in [1.165, 1.54) is 11.8 Å². The predicted molar refractivity (Wildman–Crippen MR) is 106 cm³/mol. The van der Waals surface area contributed by atoms with Crippen molar-refractivity contribution in [1.82, 2.24) is 14.9 Å². The molecule has 2 rings (SSSR count). The highest BCUT2D eigenvalue weighted by molar-refractivity contribution is 7.99. The molecule has 0 saturated heterocycles. The molecule has 26 heavy (non-hydrogen) atoms. The first-order valence-corrected chi connectivity index (χ1v) is 10.0. The van der Waals surface area contributed by atoms with Gasteiger partial charge in [-0.3, -0.25) is 14.2 Å². The van der Waals surface area contributed by atoms with E-state index < -0.39 is 0 Å². The lowest BCUT2D eigenvalue weighted by Crippen LogP contribution is -2.29. The fourth-order valence-corrected chi connectivity index (χ4v) is 3.50. The van der Waals surface area contributed by atoms with Crippen LogP contribution in [0.3, 0.4) is 0 Å². The Morgan fingerprint density at radius 3 is 2.92 bits per heavy atom. The Morgan fingerprint density at radius 2 is 2.19 bits per heavy atom. The Bertz CT molecular complexity index is 810. The average Bonchev–Trinajstić information content (AvgIpc) is 2.62. The second-order valence-corrected chi connectivity index (χ2v) is 7.23. The van der Waals surface area contributed by atoms with Gasteiger partial charge in [0.25, 0.3) is 5.56 Å². The van der Waals surface area contributed by atoms with Gasteiger partial charge in [0.05, 0.1) is 23.3 Å². The molecule has 142 valence electrons. The summed E-state index contributed by atoms with van der Waals surface area (Å²) in [6, 6.07) is 5.08. The number of thioether (sulfide) groups is 1. The molecule has 0 spiro atoms. The molecule has 1 N–H and O–H groups in total. The van der Waals surface area contributed by atoms with Gasteiger partial charge >= 0.3 is 0 Å². The van der Waals surface area contributed by atoms with E-state index in [-0.39, 0.29) is 17.2 Å². The molecule has 0 fully saturated rings. The van der Waals surface area contributed by atoms with Crippen LogP contribution in [0.2, 0.25) is 5.02 Å². The fraction of sp³-hybridized carbons (Fsp3) is 0.500. The highest BCUT2D eigenvalue weighted by atomic mass is 35.5. The zero-order valence-electron chi connectivity index (χ0n) is 15.1. The number of hydrogen-bond acceptors (Lipinski definition) is 5. The number of hydrogen-bond donors (Lipinski definition) is 1. The van der Waals surface area contributed by atoms with E-state index in [1.807, 2.05) is 0 Å². The lowest BCUT2D eigenvalue weighted by Gasteiger charge is -2.13. The molecule has 6 nitrogen and oxygen atoms in total. The van der Waals surface area contributed by atoms with E-state index >= 15 is 0 Å². The Kier molecular flexibility index (Phi) is 8.41. The van der Waals surface area contributed by atoms with Gasteiger partial charge in [-0.15, -0.1) is 0 Å². The molecule has 0 radical (unpaired) electrons. The van der Waals surface area contributed by atoms with Gasteiger partial charge in [0.1, 0.15) is 0 Å². The number of carbonyl (C=O) groups is 1. The fourth-order valence-electron chi connectivity index (χ4n) is 2.47. The molecule has 0 aliphatic carbocycles. The molecule has 1 heterocycles. The predicted octanol–water partition coefficient (Wildman–Crippen LogP) is 3.09. The van der Waals surface area contributed by atoms with Crippen molar-refractivity contribution in [1.29, 1.82) is 0 Å². The van der Waals surface area contributed by atoms with Crippen LogP contribution in [0.15, 0.2) is 28.2 Å². The molecule has 1 amide bonds. The van der Waals surface area contributed by atoms with Crippen LogP contribution in [0.4, 0.5) is 0 Å². The quantitative estimate of drug-likeness (QED) is 0.379. The van der Waals surface area contributed by atoms with E-state index in [1.54, 1.807) is 29.9 Å². The first-order valence-electron chi connectivity index (χ1n) is 8.65. The topological polar surface area (TPSA) is 73.2 Å². The number of methoxy groups -OCH3 is 1. The number of nitrogens with one attached hydrogen (secondary N) is 1. The van der Waals surface area contributed by atoms with Gasteiger partial charge in [-0.2, -0.15) is 0 Å². The molecule has 1 aromatic heterocycles. The number of rotatable bonds is 10. The van der Waals surface area contributed by atoms with Crippen molar-refractivity contribution < 1.29 is 9.53 Å². The minimum Gasteiger partial charge on any atom is -0.383 e. The summed E-state index contributed by atoms with van der Waals surface area (Å²) in [6.45, 7) is 3.63. The first-order chi connectivity index (χ1) is 12.6. The van der Waals surface area contributed by atoms with Gasteiger partial charge in [-0.05, 0) is 24.6 Å². The third-order valence-corrected chi connectivity index (χ3v) is 5.04. The maximum absolute atomic E-state index is 12.9. The van der Waals surface area contributed by atoms with Gasteiger partial charge in [0, 0.05) is 25.2 Å². The van der Waals surface area contributed by atoms with Gasteiger partial charge in [0.2, 0.25) is 5.91 Å². The van der Waals surface area contributed by atoms with Crippen molar-refractivity contribution in [3.63, 3.8) is 0 Å². The molecule has 0 aliphatic rings. The van der Waals surface area contributed by atoms with Crippen LogP contribution in [-0.2, 0) is 16.1 Å². The Labute approximate surface area is 162 Å². The summed E-state index contributed by atoms with van der Waals surface area (Å²) < 4.78 is 6.58. The first kappa shape index (κ1) is 20.7. The molecule has 0 unspecified atom stereocenters. The lowest BCUT2D eigenvalue weighted by atomic mass is 10.2. The summed E-state index contributed by atoms with van der Waals surface area (Å²) in [4.78, 5) is 29.4. The lowest BCUT2D eigenvalue weighted by molar-refractivity contribution is -0.118. The number of halogens is 1. The number of carbonyl (C=O) groups excluding carboxylic acids is 1. The van der Waals surface area contributed by atoms with Gasteiger partial charge in [-0.25, -0.2) is 4.98 Å². The van der Waals surface area contributed by atoms with Gasteiger partial charge < -0.3 is 10.1 Å². The number of nitrogens with zero attached hydrogens (tertiary/aromatic N) is 2. The van der Waals surface area contributed by atoms with Crippen molar-refractivity contribution >= 4 is 40.2 Å². The molecule has 0 aliphatic heterocycles. The number of fused-ring (bicyclic) bond motifs is 1. The third-order valence-electron chi connectivity index (χ3n) is 3.83. The summed E-state index contributed by atoms with van der Waals surface area (Å²) in [7, 11) is 1.58. The van der Waals surface area contributed by atoms with E-state index in [0.29, 0.717) is 40.8 Å². The van der Waals surface area contributed by atoms with Crippen molar-refractivity contribution in [3.8, 4) is 0 Å². The monoisotopic (exact) mass is 397 g/mol. The average molecular weight is 398 g/mol. The zero-order chi connectivity index (χ0) is 18.9. The SMILES string of the molecule is CCCCCn1c(SCC(=O)NCCOC)nc2cc(Cl)ccc2c1=O. The highest BCUT2D eigenvalue weighted by Crippen LogP contribution is 2.21. The molecule has 0 bridgehead atoms. The molecule has 0 saturated carbocycles. The van der Waals surface area contributed by atoms with Crippen molar-refractivity contribution in [3.05, 3.63) is 33.6 Å². The summed E-state index contributed by atoms with van der Waals surface area (Å²) in [5, 5.41) is 4.38. The minimum atomic E-state index is -0.118. The van der Waals surface area contributed by atoms with Crippen LogP contribution in [0, 0.1) is 0 Å². The third kappa shape index (κ3) is 5.72. The van der Waals surface area contributed by atoms with Gasteiger partial charge in [0.15, 0.2) is 5.16 Å². The molecule has 0 atom stereocenters. The van der Waals surface area contributed by atoms with Crippen LogP contribution >= 0.6 is 23.4 Å². The zero-order valence-corrected chi connectivity index (χ0v) is 16.7. The summed E-state index contributed by atoms with van der Waals surface area (Å²) in [6.07, 6.45) is 2.99. The number of unbranched alkanes of at least 4 members (excludes halogenated alkanes) is 2. The Balaban J connectivity index is 2.24. The standard InChI is InChI=1S/C18H24ClN3O3S/c1-3-4-5-9-22-17(24)14-7-6-13(19)11-15(14)21-18(22)26-12-16(23)20-8-10-25-2/h6-7,11H,3-5,8-10,12H2,1-2H3,(H,20,23). The summed E-state index contributed by atoms with van der Waals surface area (Å²) in [5.74, 6) is 0.0725. The van der Waals surface area contributed by atoms with Crippen LogP contribution in [-0.4, -0.2) is 41.5 Å². The Morgan fingerprint density at radius 1 is 1.38 bits per heavy atom. The van der Waals surface area contributed by atoms with Gasteiger partial charge in [-0.1, -0.05) is 43.1 Å². The van der Waals surface area contributed by atoms with Crippen molar-refractivity contribution in [2.24, 2.45) is 0 Å². The highest BCUT2D eigenvalue weighted by Gasteiger charge is 2.13. The summed E-state index contributed by atoms with van der Waals surface area (Å²) >= 11 is 7.29. The molecule has 8 heteroatoms. The van der Waals surface area contributed by atoms with Crippen molar-refractivity contribution in [2.45, 2.75) is 37.9 Å². The number of ether oxygens (including phenoxy) is 1. The van der Waals surface area contributed by atoms with E-state index in [4.69, 9.17) is 16.3 Å². The molecule has 2 aromatic rings. The largest absolute Gasteiger partial charge is 0.383 e. The normalized spacial score (nSPS) is 11.0. The maximum atomic E-state index is 12.9. The Hall–Kier alpha value is -1.57. The van der Waals surface area contributed by atoms with Crippen LogP contribution in [0.5, 0.6) is 0 Å². The van der Waals surface area contributed by atoms with E-state index in [0.717, 1.165) is 19.3 Å². The number of aromatic nitrogens is 2. The van der Waals surface area contributed by atoms with E-state index in [2.05, 4.69) is 17.2 Å². The molecular formula is C18H24ClN3O3S. The number of benzene rings is 1. The second kappa shape index (κ2) is 10.5. The minimum absolute atomic E-state index is 0.0925. The van der Waals surface area contributed by atoms with Crippen LogP contribution in [0.25, 0.3) is 10.9 Å². The second-order valence-electron chi connectivity index (χ2n) is 5.85. The van der Waals surface area contributed by atoms with Crippen LogP contribution < -0.4 is 10.9 Å². The molecule has 1 aromatic carbocycles. The molecular weight excluding hydrogens is 374 g/mol. The number of amides is 1. The van der Waals surface area contributed by atoms with Crippen molar-refractivity contribution in [2.75, 3.05) is 26.0 Å². The smallest absolute Gasteiger partial charge is 0.262 e. The summed E-state index contributed by atoms with van der Waals surface area (Å²) in [5.41, 5.74) is 0.460.